The molecule has 1 N–H and O–H groups in total. The number of nitrogens with one attached hydrogen (secondary N) is 1. The molecular weight excluding hydrogens is 440 g/mol. The molecule has 0 spiro atoms. The van der Waals surface area contributed by atoms with Gasteiger partial charge < -0.3 is 5.32 Å². The Labute approximate surface area is 198 Å². The Bertz CT molecular complexity index is 1060. The van der Waals surface area contributed by atoms with Crippen LogP contribution in [0.15, 0.2) is 22.7 Å². The van der Waals surface area contributed by atoms with Crippen molar-refractivity contribution in [2.24, 2.45) is 5.92 Å². The summed E-state index contributed by atoms with van der Waals surface area (Å²) in [5.41, 5.74) is 3.00. The summed E-state index contributed by atoms with van der Waals surface area (Å²) in [7, 11) is 0. The van der Waals surface area contributed by atoms with Gasteiger partial charge in [0.2, 0.25) is 11.1 Å². The number of likely N-dealkylation sites (tertiary alicyclic amines) is 1. The lowest BCUT2D eigenvalue weighted by molar-refractivity contribution is -0.121. The molecule has 3 aromatic rings. The van der Waals surface area contributed by atoms with Gasteiger partial charge in [-0.3, -0.25) is 9.69 Å². The number of aromatic nitrogens is 4. The van der Waals surface area contributed by atoms with Gasteiger partial charge in [0.05, 0.1) is 6.04 Å². The van der Waals surface area contributed by atoms with Crippen molar-refractivity contribution >= 4 is 34.8 Å². The molecule has 0 bridgehead atoms. The molecule has 1 aliphatic rings. The number of piperidine rings is 1. The maximum Gasteiger partial charge on any atom is 0.253 e. The highest BCUT2D eigenvalue weighted by Gasteiger charge is 2.25. The first-order valence-corrected chi connectivity index (χ1v) is 13.4. The van der Waals surface area contributed by atoms with Crippen LogP contribution in [0.25, 0.3) is 5.78 Å². The van der Waals surface area contributed by atoms with Crippen molar-refractivity contribution in [2.75, 3.05) is 25.9 Å². The second-order valence-electron chi connectivity index (χ2n) is 8.63. The van der Waals surface area contributed by atoms with Crippen LogP contribution >= 0.6 is 23.1 Å². The van der Waals surface area contributed by atoms with Crippen LogP contribution in [0.2, 0.25) is 0 Å². The van der Waals surface area contributed by atoms with Gasteiger partial charge in [0.25, 0.3) is 5.78 Å². The third-order valence-corrected chi connectivity index (χ3v) is 7.95. The van der Waals surface area contributed by atoms with Crippen molar-refractivity contribution in [2.45, 2.75) is 57.7 Å². The van der Waals surface area contributed by atoms with Crippen LogP contribution in [-0.4, -0.2) is 56.3 Å². The molecule has 32 heavy (non-hydrogen) atoms. The minimum absolute atomic E-state index is 0.0826. The fraction of sp³-hybridized carbons (Fsp3) is 0.565. The average molecular weight is 473 g/mol. The van der Waals surface area contributed by atoms with Crippen molar-refractivity contribution in [1.29, 1.82) is 0 Å². The predicted molar refractivity (Wildman–Crippen MR) is 130 cm³/mol. The average Bonchev–Trinajstić information content (AvgIpc) is 3.45. The number of nitrogens with zero attached hydrogens (tertiary/aromatic N) is 5. The fourth-order valence-corrected chi connectivity index (χ4v) is 5.60. The number of carbonyl (C=O) groups is 1. The molecule has 0 aromatic carbocycles. The second-order valence-corrected chi connectivity index (χ2v) is 10.4. The Morgan fingerprint density at radius 2 is 2.09 bits per heavy atom. The molecule has 4 rings (SSSR count). The number of fused-ring (bicyclic) bond motifs is 1. The van der Waals surface area contributed by atoms with E-state index >= 15 is 0 Å². The molecule has 3 aromatic heterocycles. The zero-order valence-corrected chi connectivity index (χ0v) is 20.9. The third kappa shape index (κ3) is 5.15. The lowest BCUT2D eigenvalue weighted by Crippen LogP contribution is -2.41. The van der Waals surface area contributed by atoms with Crippen LogP contribution in [0, 0.1) is 19.8 Å². The summed E-state index contributed by atoms with van der Waals surface area (Å²) in [6.07, 6.45) is 5.49. The number of rotatable bonds is 8. The van der Waals surface area contributed by atoms with Crippen molar-refractivity contribution < 1.29 is 4.79 Å². The first-order chi connectivity index (χ1) is 15.5. The summed E-state index contributed by atoms with van der Waals surface area (Å²) in [6, 6.07) is 4.55. The van der Waals surface area contributed by atoms with E-state index in [1.165, 1.54) is 29.5 Å². The second kappa shape index (κ2) is 10.3. The Morgan fingerprint density at radius 1 is 1.31 bits per heavy atom. The topological polar surface area (TPSA) is 75.4 Å². The molecule has 0 unspecified atom stereocenters. The van der Waals surface area contributed by atoms with Gasteiger partial charge in [-0.05, 0) is 75.4 Å². The number of hydrogen-bond donors (Lipinski definition) is 1. The standard InChI is InChI=1S/C23H32N6OS2/c1-15-9-11-28(12-10-15)19(20-6-5-13-32-20)14-24-21(30)8-7-18-16(2)25-22-26-23(31-4)27-29(22)17(18)3/h5-6,13,15,19H,7-12,14H2,1-4H3,(H,24,30)/t19-/m0/s1. The van der Waals surface area contributed by atoms with Crippen molar-refractivity contribution in [1.82, 2.24) is 29.8 Å². The van der Waals surface area contributed by atoms with Gasteiger partial charge in [0.1, 0.15) is 0 Å². The number of amides is 1. The van der Waals surface area contributed by atoms with E-state index in [1.54, 1.807) is 15.9 Å². The summed E-state index contributed by atoms with van der Waals surface area (Å²) >= 11 is 3.28. The van der Waals surface area contributed by atoms with Crippen LogP contribution in [0.1, 0.15) is 54.1 Å². The van der Waals surface area contributed by atoms with E-state index < -0.39 is 0 Å². The van der Waals surface area contributed by atoms with Gasteiger partial charge in [-0.25, -0.2) is 9.50 Å². The van der Waals surface area contributed by atoms with E-state index in [0.29, 0.717) is 30.3 Å². The van der Waals surface area contributed by atoms with E-state index in [-0.39, 0.29) is 11.9 Å². The normalized spacial score (nSPS) is 16.5. The van der Waals surface area contributed by atoms with E-state index in [9.17, 15) is 4.79 Å². The minimum atomic E-state index is 0.0826. The smallest absolute Gasteiger partial charge is 0.253 e. The Balaban J connectivity index is 1.39. The monoisotopic (exact) mass is 472 g/mol. The Hall–Kier alpha value is -1.97. The molecule has 1 amide bonds. The van der Waals surface area contributed by atoms with Gasteiger partial charge in [0.15, 0.2) is 0 Å². The number of carbonyl (C=O) groups excluding carboxylic acids is 1. The maximum atomic E-state index is 12.8. The molecule has 0 radical (unpaired) electrons. The van der Waals surface area contributed by atoms with Gasteiger partial charge in [-0.2, -0.15) is 4.98 Å². The van der Waals surface area contributed by atoms with Crippen LogP contribution in [-0.2, 0) is 11.2 Å². The Morgan fingerprint density at radius 3 is 2.78 bits per heavy atom. The van der Waals surface area contributed by atoms with Gasteiger partial charge >= 0.3 is 0 Å². The summed E-state index contributed by atoms with van der Waals surface area (Å²) in [5, 5.41) is 10.5. The van der Waals surface area contributed by atoms with E-state index in [0.717, 1.165) is 36.0 Å². The molecule has 0 aliphatic carbocycles. The molecule has 0 saturated carbocycles. The van der Waals surface area contributed by atoms with Crippen LogP contribution in [0.3, 0.4) is 0 Å². The van der Waals surface area contributed by atoms with E-state index in [1.807, 2.05) is 20.1 Å². The summed E-state index contributed by atoms with van der Waals surface area (Å²) < 4.78 is 1.79. The molecule has 4 heterocycles. The first-order valence-electron chi connectivity index (χ1n) is 11.3. The van der Waals surface area contributed by atoms with Crippen LogP contribution in [0.4, 0.5) is 0 Å². The highest BCUT2D eigenvalue weighted by Crippen LogP contribution is 2.29. The SMILES string of the molecule is CSc1nc2nc(C)c(CCC(=O)NC[C@@H](c3cccs3)N3CCC(C)CC3)c(C)n2n1. The summed E-state index contributed by atoms with van der Waals surface area (Å²) in [4.78, 5) is 25.7. The van der Waals surface area contributed by atoms with E-state index in [2.05, 4.69) is 49.7 Å². The molecule has 9 heteroatoms. The zero-order valence-electron chi connectivity index (χ0n) is 19.3. The molecule has 1 saturated heterocycles. The Kier molecular flexibility index (Phi) is 7.48. The lowest BCUT2D eigenvalue weighted by atomic mass is 9.97. The van der Waals surface area contributed by atoms with E-state index in [4.69, 9.17) is 0 Å². The van der Waals surface area contributed by atoms with Crippen molar-refractivity contribution in [3.05, 3.63) is 39.3 Å². The van der Waals surface area contributed by atoms with Crippen LogP contribution < -0.4 is 5.32 Å². The molecule has 7 nitrogen and oxygen atoms in total. The lowest BCUT2D eigenvalue weighted by Gasteiger charge is -2.36. The molecule has 1 fully saturated rings. The summed E-state index contributed by atoms with van der Waals surface area (Å²) in [5.74, 6) is 1.49. The molecular formula is C23H32N6OS2. The number of hydrogen-bond acceptors (Lipinski definition) is 7. The first kappa shape index (κ1) is 23.2. The quantitative estimate of drug-likeness (QED) is 0.499. The van der Waals surface area contributed by atoms with Crippen molar-refractivity contribution in [3.8, 4) is 0 Å². The minimum Gasteiger partial charge on any atom is -0.354 e. The molecule has 172 valence electrons. The fourth-order valence-electron chi connectivity index (χ4n) is 4.41. The maximum absolute atomic E-state index is 12.8. The summed E-state index contributed by atoms with van der Waals surface area (Å²) in [6.45, 7) is 9.19. The molecule has 1 atom stereocenters. The largest absolute Gasteiger partial charge is 0.354 e. The number of aryl methyl sites for hydroxylation is 2. The number of thioether (sulfide) groups is 1. The van der Waals surface area contributed by atoms with Gasteiger partial charge in [0, 0.05) is 29.2 Å². The van der Waals surface area contributed by atoms with Crippen LogP contribution in [0.5, 0.6) is 0 Å². The highest BCUT2D eigenvalue weighted by atomic mass is 32.2. The molecule has 1 aliphatic heterocycles. The highest BCUT2D eigenvalue weighted by molar-refractivity contribution is 7.98. The predicted octanol–water partition coefficient (Wildman–Crippen LogP) is 4.05. The zero-order chi connectivity index (χ0) is 22.7. The number of thiophene rings is 1. The van der Waals surface area contributed by atoms with Gasteiger partial charge in [-0.15, -0.1) is 16.4 Å². The third-order valence-electron chi connectivity index (χ3n) is 6.44. The van der Waals surface area contributed by atoms with Crippen molar-refractivity contribution in [3.63, 3.8) is 0 Å². The van der Waals surface area contributed by atoms with Gasteiger partial charge in [-0.1, -0.05) is 24.8 Å².